The van der Waals surface area contributed by atoms with Gasteiger partial charge in [-0.2, -0.15) is 0 Å². The Hall–Kier alpha value is -1.34. The van der Waals surface area contributed by atoms with Gasteiger partial charge in [0.05, 0.1) is 13.2 Å². The Morgan fingerprint density at radius 3 is 2.76 bits per heavy atom. The number of fused-ring (bicyclic) bond motifs is 1. The van der Waals surface area contributed by atoms with Gasteiger partial charge in [-0.15, -0.1) is 24.0 Å². The summed E-state index contributed by atoms with van der Waals surface area (Å²) >= 11 is 0. The lowest BCUT2D eigenvalue weighted by Crippen LogP contribution is -2.33. The Morgan fingerprint density at radius 1 is 1.19 bits per heavy atom. The highest BCUT2D eigenvalue weighted by Crippen LogP contribution is 2.18. The van der Waals surface area contributed by atoms with Crippen molar-refractivity contribution in [2.45, 2.75) is 6.42 Å². The number of nitrogens with two attached hydrogens (primary N) is 1. The summed E-state index contributed by atoms with van der Waals surface area (Å²) in [6, 6.07) is 14.8. The van der Waals surface area contributed by atoms with Gasteiger partial charge in [0.2, 0.25) is 0 Å². The zero-order valence-electron chi connectivity index (χ0n) is 12.2. The molecule has 5 heteroatoms. The summed E-state index contributed by atoms with van der Waals surface area (Å²) < 4.78 is 4.92. The molecular weight excluding hydrogens is 377 g/mol. The number of halogens is 1. The van der Waals surface area contributed by atoms with E-state index >= 15 is 0 Å². The maximum Gasteiger partial charge on any atom is 0.188 e. The van der Waals surface area contributed by atoms with Gasteiger partial charge in [-0.3, -0.25) is 4.99 Å². The van der Waals surface area contributed by atoms with Crippen LogP contribution in [0.4, 0.5) is 0 Å². The molecule has 0 atom stereocenters. The topological polar surface area (TPSA) is 59.6 Å². The lowest BCUT2D eigenvalue weighted by atomic mass is 10.0. The molecule has 0 amide bonds. The van der Waals surface area contributed by atoms with E-state index < -0.39 is 0 Å². The number of nitrogens with one attached hydrogen (secondary N) is 1. The van der Waals surface area contributed by atoms with Crippen LogP contribution in [0.3, 0.4) is 0 Å². The molecule has 0 aliphatic carbocycles. The van der Waals surface area contributed by atoms with Crippen LogP contribution in [-0.4, -0.2) is 32.8 Å². The molecule has 0 bridgehead atoms. The van der Waals surface area contributed by atoms with Crippen LogP contribution in [-0.2, 0) is 11.2 Å². The van der Waals surface area contributed by atoms with Crippen molar-refractivity contribution in [2.24, 2.45) is 10.7 Å². The molecule has 2 aromatic rings. The zero-order chi connectivity index (χ0) is 14.2. The highest BCUT2D eigenvalue weighted by molar-refractivity contribution is 14.0. The molecule has 0 unspecified atom stereocenters. The molecule has 0 spiro atoms. The fraction of sp³-hybridized carbons (Fsp3) is 0.312. The van der Waals surface area contributed by atoms with Gasteiger partial charge in [0.25, 0.3) is 0 Å². The number of guanidine groups is 1. The molecule has 114 valence electrons. The Labute approximate surface area is 142 Å². The molecule has 2 rings (SSSR count). The SMILES string of the molecule is COCCN=C(N)NCCc1cccc2ccccc12.I. The van der Waals surface area contributed by atoms with Gasteiger partial charge in [0.1, 0.15) is 0 Å². The zero-order valence-corrected chi connectivity index (χ0v) is 14.5. The highest BCUT2D eigenvalue weighted by Gasteiger charge is 2.00. The number of hydrogen-bond acceptors (Lipinski definition) is 2. The van der Waals surface area contributed by atoms with E-state index in [4.69, 9.17) is 10.5 Å². The molecule has 0 radical (unpaired) electrons. The van der Waals surface area contributed by atoms with E-state index in [1.165, 1.54) is 16.3 Å². The van der Waals surface area contributed by atoms with Crippen molar-refractivity contribution in [3.63, 3.8) is 0 Å². The number of hydrogen-bond donors (Lipinski definition) is 2. The lowest BCUT2D eigenvalue weighted by molar-refractivity contribution is 0.208. The first-order chi connectivity index (χ1) is 9.81. The summed E-state index contributed by atoms with van der Waals surface area (Å²) in [7, 11) is 1.65. The molecule has 0 heterocycles. The van der Waals surface area contributed by atoms with Gasteiger partial charge in [-0.1, -0.05) is 42.5 Å². The minimum Gasteiger partial charge on any atom is -0.383 e. The number of nitrogens with zero attached hydrogens (tertiary/aromatic N) is 1. The molecule has 0 fully saturated rings. The summed E-state index contributed by atoms with van der Waals surface area (Å²) in [4.78, 5) is 4.17. The lowest BCUT2D eigenvalue weighted by Gasteiger charge is -2.08. The van der Waals surface area contributed by atoms with Crippen LogP contribution >= 0.6 is 24.0 Å². The van der Waals surface area contributed by atoms with Gasteiger partial charge in [-0.25, -0.2) is 0 Å². The molecule has 4 nitrogen and oxygen atoms in total. The second kappa shape index (κ2) is 9.57. The van der Waals surface area contributed by atoms with Crippen molar-refractivity contribution in [3.05, 3.63) is 48.0 Å². The van der Waals surface area contributed by atoms with Crippen molar-refractivity contribution >= 4 is 40.7 Å². The van der Waals surface area contributed by atoms with E-state index in [0.717, 1.165) is 13.0 Å². The molecule has 21 heavy (non-hydrogen) atoms. The van der Waals surface area contributed by atoms with Gasteiger partial charge in [0.15, 0.2) is 5.96 Å². The third-order valence-electron chi connectivity index (χ3n) is 3.16. The Balaban J connectivity index is 0.00000220. The smallest absolute Gasteiger partial charge is 0.188 e. The third-order valence-corrected chi connectivity index (χ3v) is 3.16. The van der Waals surface area contributed by atoms with Crippen LogP contribution in [0.25, 0.3) is 10.8 Å². The first-order valence-corrected chi connectivity index (χ1v) is 6.80. The highest BCUT2D eigenvalue weighted by atomic mass is 127. The third kappa shape index (κ3) is 5.51. The van der Waals surface area contributed by atoms with Crippen LogP contribution < -0.4 is 11.1 Å². The average Bonchev–Trinajstić information content (AvgIpc) is 2.48. The van der Waals surface area contributed by atoms with E-state index in [0.29, 0.717) is 19.1 Å². The van der Waals surface area contributed by atoms with E-state index in [1.807, 2.05) is 0 Å². The van der Waals surface area contributed by atoms with Crippen molar-refractivity contribution in [3.8, 4) is 0 Å². The summed E-state index contributed by atoms with van der Waals surface area (Å²) in [6.07, 6.45) is 0.919. The van der Waals surface area contributed by atoms with E-state index in [-0.39, 0.29) is 24.0 Å². The average molecular weight is 399 g/mol. The quantitative estimate of drug-likeness (QED) is 0.340. The minimum atomic E-state index is 0. The molecule has 0 aliphatic heterocycles. The van der Waals surface area contributed by atoms with E-state index in [2.05, 4.69) is 52.8 Å². The number of methoxy groups -OCH3 is 1. The van der Waals surface area contributed by atoms with Gasteiger partial charge >= 0.3 is 0 Å². The van der Waals surface area contributed by atoms with E-state index in [9.17, 15) is 0 Å². The number of benzene rings is 2. The van der Waals surface area contributed by atoms with E-state index in [1.54, 1.807) is 7.11 Å². The van der Waals surface area contributed by atoms with Gasteiger partial charge in [0, 0.05) is 13.7 Å². The number of rotatable bonds is 6. The molecule has 0 saturated heterocycles. The second-order valence-corrected chi connectivity index (χ2v) is 4.57. The largest absolute Gasteiger partial charge is 0.383 e. The maximum atomic E-state index is 5.77. The summed E-state index contributed by atoms with van der Waals surface area (Å²) in [5.74, 6) is 0.474. The Bertz CT molecular complexity index is 581. The van der Waals surface area contributed by atoms with Gasteiger partial charge in [-0.05, 0) is 22.8 Å². The van der Waals surface area contributed by atoms with Crippen LogP contribution in [0, 0.1) is 0 Å². The summed E-state index contributed by atoms with van der Waals surface area (Å²) in [5, 5.41) is 5.69. The molecule has 2 aromatic carbocycles. The molecule has 0 aromatic heterocycles. The number of aliphatic imine (C=N–C) groups is 1. The fourth-order valence-electron chi connectivity index (χ4n) is 2.15. The molecule has 0 saturated carbocycles. The second-order valence-electron chi connectivity index (χ2n) is 4.57. The molecular formula is C16H22IN3O. The number of ether oxygens (including phenoxy) is 1. The standard InChI is InChI=1S/C16H21N3O.HI/c1-20-12-11-19-16(17)18-10-9-14-7-4-6-13-5-2-3-8-15(13)14;/h2-8H,9-12H2,1H3,(H3,17,18,19);1H. The van der Waals surface area contributed by atoms with Crippen LogP contribution in [0.2, 0.25) is 0 Å². The summed E-state index contributed by atoms with van der Waals surface area (Å²) in [6.45, 7) is 1.95. The van der Waals surface area contributed by atoms with Crippen LogP contribution in [0.1, 0.15) is 5.56 Å². The maximum absolute atomic E-state index is 5.77. The fourth-order valence-corrected chi connectivity index (χ4v) is 2.15. The van der Waals surface area contributed by atoms with Crippen molar-refractivity contribution in [1.82, 2.24) is 5.32 Å². The predicted molar refractivity (Wildman–Crippen MR) is 99.4 cm³/mol. The molecule has 0 aliphatic rings. The monoisotopic (exact) mass is 399 g/mol. The van der Waals surface area contributed by atoms with Crippen LogP contribution in [0.15, 0.2) is 47.5 Å². The Morgan fingerprint density at radius 2 is 1.95 bits per heavy atom. The Kier molecular flexibility index (Phi) is 8.07. The molecule has 3 N–H and O–H groups in total. The first-order valence-electron chi connectivity index (χ1n) is 6.80. The van der Waals surface area contributed by atoms with Crippen molar-refractivity contribution < 1.29 is 4.74 Å². The summed E-state index contributed by atoms with van der Waals surface area (Å²) in [5.41, 5.74) is 7.09. The first kappa shape index (κ1) is 17.7. The van der Waals surface area contributed by atoms with Crippen molar-refractivity contribution in [2.75, 3.05) is 26.8 Å². The normalized spacial score (nSPS) is 11.2. The predicted octanol–water partition coefficient (Wildman–Crippen LogP) is 2.55. The van der Waals surface area contributed by atoms with Crippen LogP contribution in [0.5, 0.6) is 0 Å². The minimum absolute atomic E-state index is 0. The van der Waals surface area contributed by atoms with Gasteiger partial charge < -0.3 is 15.8 Å². The van der Waals surface area contributed by atoms with Crippen molar-refractivity contribution in [1.29, 1.82) is 0 Å².